The van der Waals surface area contributed by atoms with Gasteiger partial charge in [-0.05, 0) is 36.0 Å². The zero-order valence-electron chi connectivity index (χ0n) is 20.4. The standard InChI is InChI=1S/C28H16F9IO3/c29-11-5-14(32)23(39)20(35)17(11)27-2-1-26(8-27,3-4-38)9-28(10-27,18-12(30)6-15(33)24(40)21(18)36)19-13(31)7-16(34)25(41)22(19)37/h5-7,39-41H,1-2,8-10H2. The molecule has 0 aliphatic heterocycles. The lowest BCUT2D eigenvalue weighted by atomic mass is 9.51. The quantitative estimate of drug-likeness (QED) is 0.150. The van der Waals surface area contributed by atoms with Crippen molar-refractivity contribution in [3.05, 3.63) is 87.2 Å². The molecule has 3 N–H and O–H groups in total. The van der Waals surface area contributed by atoms with Crippen LogP contribution < -0.4 is 0 Å². The molecule has 0 radical (unpaired) electrons. The van der Waals surface area contributed by atoms with Crippen molar-refractivity contribution in [3.63, 3.8) is 0 Å². The van der Waals surface area contributed by atoms with Gasteiger partial charge in [0.25, 0.3) is 0 Å². The van der Waals surface area contributed by atoms with E-state index in [9.17, 15) is 28.5 Å². The number of halogens is 10. The topological polar surface area (TPSA) is 60.7 Å². The SMILES string of the molecule is Oc1c(F)cc(F)c(C23CCC(C#CI)(C2)CC(c2c(F)cc(F)c(O)c2F)(c2c(F)cc(F)c(O)c2F)C3)c1F. The smallest absolute Gasteiger partial charge is 0.188 e. The Kier molecular flexibility index (Phi) is 6.87. The maximum Gasteiger partial charge on any atom is 0.188 e. The fraction of sp³-hybridized carbons (Fsp3) is 0.286. The molecule has 41 heavy (non-hydrogen) atoms. The predicted molar refractivity (Wildman–Crippen MR) is 134 cm³/mol. The van der Waals surface area contributed by atoms with Crippen LogP contribution >= 0.6 is 22.6 Å². The Bertz CT molecular complexity index is 1640. The summed E-state index contributed by atoms with van der Waals surface area (Å²) in [5.74, 6) is -18.4. The molecule has 0 amide bonds. The predicted octanol–water partition coefficient (Wildman–Crippen LogP) is 7.64. The van der Waals surface area contributed by atoms with Crippen LogP contribution in [0, 0.1) is 67.6 Å². The van der Waals surface area contributed by atoms with Crippen LogP contribution in [0.15, 0.2) is 18.2 Å². The molecular formula is C28H16F9IO3. The summed E-state index contributed by atoms with van der Waals surface area (Å²) in [7, 11) is 0. The molecule has 3 aromatic rings. The summed E-state index contributed by atoms with van der Waals surface area (Å²) < 4.78 is 138. The van der Waals surface area contributed by atoms with Gasteiger partial charge in [0, 0.05) is 73.7 Å². The van der Waals surface area contributed by atoms with E-state index in [-0.39, 0.29) is 37.5 Å². The van der Waals surface area contributed by atoms with E-state index in [1.54, 1.807) is 22.6 Å². The summed E-state index contributed by atoms with van der Waals surface area (Å²) in [6.07, 6.45) is -2.34. The third-order valence-corrected chi connectivity index (χ3v) is 8.55. The Morgan fingerprint density at radius 2 is 0.976 bits per heavy atom. The van der Waals surface area contributed by atoms with Crippen LogP contribution in [0.5, 0.6) is 17.2 Å². The average molecular weight is 698 g/mol. The summed E-state index contributed by atoms with van der Waals surface area (Å²) in [4.78, 5) is 0. The fourth-order valence-corrected chi connectivity index (χ4v) is 7.53. The van der Waals surface area contributed by atoms with Gasteiger partial charge in [-0.1, -0.05) is 5.92 Å². The number of phenols is 3. The Labute approximate surface area is 239 Å². The van der Waals surface area contributed by atoms with Gasteiger partial charge in [-0.2, -0.15) is 0 Å². The summed E-state index contributed by atoms with van der Waals surface area (Å²) in [6, 6.07) is 0.220. The summed E-state index contributed by atoms with van der Waals surface area (Å²) >= 11 is 1.60. The number of fused-ring (bicyclic) bond motifs is 2. The van der Waals surface area contributed by atoms with Crippen LogP contribution in [-0.4, -0.2) is 15.3 Å². The fourth-order valence-electron chi connectivity index (χ4n) is 6.96. The second kappa shape index (κ2) is 9.64. The van der Waals surface area contributed by atoms with Gasteiger partial charge in [0.1, 0.15) is 17.5 Å². The first-order chi connectivity index (χ1) is 19.1. The van der Waals surface area contributed by atoms with Crippen LogP contribution in [0.2, 0.25) is 0 Å². The highest BCUT2D eigenvalue weighted by Gasteiger charge is 2.64. The number of aromatic hydroxyl groups is 3. The summed E-state index contributed by atoms with van der Waals surface area (Å²) in [5.41, 5.74) is -9.91. The van der Waals surface area contributed by atoms with Gasteiger partial charge in [-0.25, -0.2) is 39.5 Å². The molecule has 0 heterocycles. The molecule has 0 spiro atoms. The van der Waals surface area contributed by atoms with E-state index in [1.807, 2.05) is 0 Å². The first-order valence-corrected chi connectivity index (χ1v) is 12.9. The zero-order chi connectivity index (χ0) is 30.2. The normalized spacial score (nSPS) is 22.9. The van der Waals surface area contributed by atoms with Crippen molar-refractivity contribution >= 4 is 22.6 Å². The molecule has 216 valence electrons. The minimum atomic E-state index is -2.77. The minimum Gasteiger partial charge on any atom is -0.503 e. The van der Waals surface area contributed by atoms with Gasteiger partial charge >= 0.3 is 0 Å². The lowest BCUT2D eigenvalue weighted by molar-refractivity contribution is 0.152. The minimum absolute atomic E-state index is 0.0272. The van der Waals surface area contributed by atoms with E-state index in [0.29, 0.717) is 0 Å². The van der Waals surface area contributed by atoms with Crippen LogP contribution in [0.25, 0.3) is 0 Å². The molecule has 0 saturated heterocycles. The van der Waals surface area contributed by atoms with Crippen molar-refractivity contribution in [2.75, 3.05) is 0 Å². The third kappa shape index (κ3) is 4.11. The number of phenolic OH excluding ortho intramolecular Hbond substituents is 3. The number of hydrogen-bond acceptors (Lipinski definition) is 3. The lowest BCUT2D eigenvalue weighted by Crippen LogP contribution is -2.48. The second-order valence-corrected chi connectivity index (χ2v) is 11.1. The zero-order valence-corrected chi connectivity index (χ0v) is 22.5. The molecule has 2 fully saturated rings. The van der Waals surface area contributed by atoms with Gasteiger partial charge in [-0.3, -0.25) is 0 Å². The first kappa shape index (κ1) is 29.2. The van der Waals surface area contributed by atoms with Crippen LogP contribution in [0.3, 0.4) is 0 Å². The van der Waals surface area contributed by atoms with E-state index in [1.165, 1.54) is 0 Å². The highest BCUT2D eigenvalue weighted by molar-refractivity contribution is 14.1. The van der Waals surface area contributed by atoms with Gasteiger partial charge in [-0.15, -0.1) is 0 Å². The molecule has 3 aromatic carbocycles. The van der Waals surface area contributed by atoms with Gasteiger partial charge < -0.3 is 15.3 Å². The third-order valence-electron chi connectivity index (χ3n) is 8.28. The molecule has 0 aromatic heterocycles. The number of rotatable bonds is 3. The van der Waals surface area contributed by atoms with Crippen LogP contribution in [0.1, 0.15) is 48.8 Å². The molecule has 2 aliphatic carbocycles. The maximum atomic E-state index is 15.7. The van der Waals surface area contributed by atoms with Gasteiger partial charge in [0.05, 0.1) is 0 Å². The van der Waals surface area contributed by atoms with Crippen LogP contribution in [0.4, 0.5) is 39.5 Å². The monoisotopic (exact) mass is 698 g/mol. The van der Waals surface area contributed by atoms with Crippen molar-refractivity contribution in [2.24, 2.45) is 5.41 Å². The first-order valence-electron chi connectivity index (χ1n) is 11.9. The Morgan fingerprint density at radius 3 is 1.41 bits per heavy atom. The van der Waals surface area contributed by atoms with E-state index >= 15 is 26.3 Å². The molecule has 5 rings (SSSR count). The van der Waals surface area contributed by atoms with E-state index < -0.39 is 115 Å². The molecule has 2 unspecified atom stereocenters. The van der Waals surface area contributed by atoms with E-state index in [2.05, 4.69) is 9.85 Å². The highest BCUT2D eigenvalue weighted by atomic mass is 127. The molecule has 2 bridgehead atoms. The van der Waals surface area contributed by atoms with Crippen molar-refractivity contribution in [2.45, 2.75) is 42.9 Å². The molecule has 2 atom stereocenters. The molecule has 2 saturated carbocycles. The van der Waals surface area contributed by atoms with Crippen LogP contribution in [-0.2, 0) is 10.8 Å². The highest BCUT2D eigenvalue weighted by Crippen LogP contribution is 2.68. The van der Waals surface area contributed by atoms with Crippen molar-refractivity contribution in [3.8, 4) is 27.1 Å². The lowest BCUT2D eigenvalue weighted by Gasteiger charge is -2.50. The average Bonchev–Trinajstić information content (AvgIpc) is 3.15. The second-order valence-electron chi connectivity index (χ2n) is 10.5. The van der Waals surface area contributed by atoms with E-state index in [0.717, 1.165) is 0 Å². The Morgan fingerprint density at radius 1 is 0.561 bits per heavy atom. The maximum absolute atomic E-state index is 15.7. The summed E-state index contributed by atoms with van der Waals surface area (Å²) in [6.45, 7) is 0. The van der Waals surface area contributed by atoms with Crippen molar-refractivity contribution < 1.29 is 54.8 Å². The molecule has 2 aliphatic rings. The molecule has 3 nitrogen and oxygen atoms in total. The largest absolute Gasteiger partial charge is 0.503 e. The van der Waals surface area contributed by atoms with E-state index in [4.69, 9.17) is 0 Å². The number of benzene rings is 3. The van der Waals surface area contributed by atoms with Crippen molar-refractivity contribution in [1.29, 1.82) is 0 Å². The van der Waals surface area contributed by atoms with Crippen molar-refractivity contribution in [1.82, 2.24) is 0 Å². The van der Waals surface area contributed by atoms with Gasteiger partial charge in [0.2, 0.25) is 0 Å². The molecule has 13 heteroatoms. The summed E-state index contributed by atoms with van der Waals surface area (Å²) in [5, 5.41) is 30.1. The molecular weight excluding hydrogens is 682 g/mol. The Balaban J connectivity index is 1.97. The Hall–Kier alpha value is -3.28. The van der Waals surface area contributed by atoms with Gasteiger partial charge in [0.15, 0.2) is 52.2 Å². The number of hydrogen-bond donors (Lipinski definition) is 3.